The van der Waals surface area contributed by atoms with Crippen LogP contribution < -0.4 is 5.32 Å². The van der Waals surface area contributed by atoms with Crippen LogP contribution in [-0.2, 0) is 16.0 Å². The molecule has 0 aliphatic heterocycles. The molecule has 7 heteroatoms. The molecule has 0 bridgehead atoms. The van der Waals surface area contributed by atoms with Crippen molar-refractivity contribution < 1.29 is 22.8 Å². The number of hydrogen-bond donors (Lipinski definition) is 1. The second-order valence-electron chi connectivity index (χ2n) is 6.26. The number of rotatable bonds is 8. The first-order valence-electron chi connectivity index (χ1n) is 7.55. The number of alkyl halides is 2. The standard InChI is InChI=1S/C16H24F2N2O3/c1-11(2)8-16(17,18)15(22)19-12(3)9-20(4)14(21)7-13-5-6-23-10-13/h5-6,10-12H,7-9H2,1-4H3,(H,19,22). The van der Waals surface area contributed by atoms with E-state index in [1.54, 1.807) is 33.9 Å². The smallest absolute Gasteiger partial charge is 0.324 e. The number of nitrogens with zero attached hydrogens (tertiary/aromatic N) is 1. The highest BCUT2D eigenvalue weighted by Gasteiger charge is 2.39. The average Bonchev–Trinajstić information content (AvgIpc) is 2.89. The number of halogens is 2. The minimum atomic E-state index is -3.40. The number of carbonyl (C=O) groups excluding carboxylic acids is 2. The van der Waals surface area contributed by atoms with Crippen molar-refractivity contribution in [1.29, 1.82) is 0 Å². The Bertz CT molecular complexity index is 515. The number of hydrogen-bond acceptors (Lipinski definition) is 3. The molecule has 1 atom stereocenters. The average molecular weight is 330 g/mol. The summed E-state index contributed by atoms with van der Waals surface area (Å²) in [6.07, 6.45) is 2.61. The second kappa shape index (κ2) is 8.08. The molecule has 0 aliphatic rings. The zero-order valence-electron chi connectivity index (χ0n) is 13.9. The first kappa shape index (κ1) is 19.1. The van der Waals surface area contributed by atoms with E-state index in [9.17, 15) is 18.4 Å². The van der Waals surface area contributed by atoms with Crippen molar-refractivity contribution in [3.8, 4) is 0 Å². The van der Waals surface area contributed by atoms with Gasteiger partial charge in [0.25, 0.3) is 5.91 Å². The summed E-state index contributed by atoms with van der Waals surface area (Å²) in [6.45, 7) is 5.00. The van der Waals surface area contributed by atoms with E-state index in [4.69, 9.17) is 4.42 Å². The fourth-order valence-corrected chi connectivity index (χ4v) is 2.20. The van der Waals surface area contributed by atoms with Gasteiger partial charge < -0.3 is 14.6 Å². The lowest BCUT2D eigenvalue weighted by Gasteiger charge is -2.25. The van der Waals surface area contributed by atoms with Gasteiger partial charge in [0.2, 0.25) is 5.91 Å². The molecule has 1 unspecified atom stereocenters. The molecule has 5 nitrogen and oxygen atoms in total. The highest BCUT2D eigenvalue weighted by molar-refractivity contribution is 5.83. The van der Waals surface area contributed by atoms with Gasteiger partial charge in [-0.25, -0.2) is 0 Å². The van der Waals surface area contributed by atoms with Gasteiger partial charge in [-0.15, -0.1) is 0 Å². The van der Waals surface area contributed by atoms with Gasteiger partial charge in [-0.2, -0.15) is 8.78 Å². The number of nitrogens with one attached hydrogen (secondary N) is 1. The van der Waals surface area contributed by atoms with Crippen LogP contribution in [0.3, 0.4) is 0 Å². The SMILES string of the molecule is CC(C)CC(F)(F)C(=O)NC(C)CN(C)C(=O)Cc1ccoc1. The van der Waals surface area contributed by atoms with E-state index in [2.05, 4.69) is 5.32 Å². The summed E-state index contributed by atoms with van der Waals surface area (Å²) in [5.41, 5.74) is 0.738. The van der Waals surface area contributed by atoms with Gasteiger partial charge >= 0.3 is 5.92 Å². The Labute approximate surface area is 135 Å². The second-order valence-corrected chi connectivity index (χ2v) is 6.26. The molecule has 130 valence electrons. The summed E-state index contributed by atoms with van der Waals surface area (Å²) in [6, 6.07) is 1.11. The lowest BCUT2D eigenvalue weighted by molar-refractivity contribution is -0.148. The van der Waals surface area contributed by atoms with Crippen molar-refractivity contribution in [2.24, 2.45) is 5.92 Å². The molecule has 0 aromatic carbocycles. The molecular weight excluding hydrogens is 306 g/mol. The number of likely N-dealkylation sites (N-methyl/N-ethyl adjacent to an activating group) is 1. The predicted molar refractivity (Wildman–Crippen MR) is 82.1 cm³/mol. The Kier molecular flexibility index (Phi) is 6.72. The van der Waals surface area contributed by atoms with Gasteiger partial charge in [-0.05, 0) is 24.5 Å². The van der Waals surface area contributed by atoms with Crippen molar-refractivity contribution in [1.82, 2.24) is 10.2 Å². The zero-order chi connectivity index (χ0) is 17.6. The van der Waals surface area contributed by atoms with E-state index in [1.807, 2.05) is 0 Å². The predicted octanol–water partition coefficient (Wildman–Crippen LogP) is 2.47. The van der Waals surface area contributed by atoms with E-state index >= 15 is 0 Å². The van der Waals surface area contributed by atoms with Crippen LogP contribution in [0.15, 0.2) is 23.0 Å². The Hall–Kier alpha value is -1.92. The van der Waals surface area contributed by atoms with Gasteiger partial charge in [0.1, 0.15) is 0 Å². The van der Waals surface area contributed by atoms with Crippen LogP contribution in [0.1, 0.15) is 32.8 Å². The van der Waals surface area contributed by atoms with E-state index < -0.39 is 24.3 Å². The Balaban J connectivity index is 2.47. The van der Waals surface area contributed by atoms with Crippen molar-refractivity contribution >= 4 is 11.8 Å². The maximum Gasteiger partial charge on any atom is 0.324 e. The lowest BCUT2D eigenvalue weighted by Crippen LogP contribution is -2.49. The third kappa shape index (κ3) is 6.38. The van der Waals surface area contributed by atoms with Crippen molar-refractivity contribution in [2.45, 2.75) is 45.6 Å². The first-order valence-corrected chi connectivity index (χ1v) is 7.55. The Morgan fingerprint density at radius 1 is 1.35 bits per heavy atom. The monoisotopic (exact) mass is 330 g/mol. The minimum Gasteiger partial charge on any atom is -0.472 e. The fraction of sp³-hybridized carbons (Fsp3) is 0.625. The first-order chi connectivity index (χ1) is 10.6. The van der Waals surface area contributed by atoms with Crippen LogP contribution in [0.4, 0.5) is 8.78 Å². The number of carbonyl (C=O) groups is 2. The molecule has 0 fully saturated rings. The molecule has 0 spiro atoms. The third-order valence-corrected chi connectivity index (χ3v) is 3.28. The maximum absolute atomic E-state index is 13.7. The molecule has 0 saturated carbocycles. The van der Waals surface area contributed by atoms with Crippen LogP contribution in [0, 0.1) is 5.92 Å². The third-order valence-electron chi connectivity index (χ3n) is 3.28. The lowest BCUT2D eigenvalue weighted by atomic mass is 10.0. The van der Waals surface area contributed by atoms with Crippen molar-refractivity contribution in [3.63, 3.8) is 0 Å². The Morgan fingerprint density at radius 3 is 2.52 bits per heavy atom. The van der Waals surface area contributed by atoms with Gasteiger partial charge in [0.05, 0.1) is 18.9 Å². The van der Waals surface area contributed by atoms with E-state index in [1.165, 1.54) is 17.4 Å². The molecule has 1 N–H and O–H groups in total. The van der Waals surface area contributed by atoms with Crippen molar-refractivity contribution in [3.05, 3.63) is 24.2 Å². The van der Waals surface area contributed by atoms with Gasteiger partial charge in [-0.3, -0.25) is 9.59 Å². The maximum atomic E-state index is 13.7. The summed E-state index contributed by atoms with van der Waals surface area (Å²) in [4.78, 5) is 25.0. The molecule has 1 heterocycles. The van der Waals surface area contributed by atoms with Crippen LogP contribution in [0.5, 0.6) is 0 Å². The molecule has 1 aromatic rings. The largest absolute Gasteiger partial charge is 0.472 e. The summed E-state index contributed by atoms with van der Waals surface area (Å²) in [5, 5.41) is 2.27. The van der Waals surface area contributed by atoms with Crippen LogP contribution in [0.25, 0.3) is 0 Å². The Morgan fingerprint density at radius 2 is 2.00 bits per heavy atom. The van der Waals surface area contributed by atoms with Gasteiger partial charge in [-0.1, -0.05) is 13.8 Å². The van der Waals surface area contributed by atoms with E-state index in [-0.39, 0.29) is 24.8 Å². The van der Waals surface area contributed by atoms with E-state index in [0.717, 1.165) is 5.56 Å². The highest BCUT2D eigenvalue weighted by atomic mass is 19.3. The fourth-order valence-electron chi connectivity index (χ4n) is 2.20. The summed E-state index contributed by atoms with van der Waals surface area (Å²) in [7, 11) is 1.57. The quantitative estimate of drug-likeness (QED) is 0.796. The van der Waals surface area contributed by atoms with Crippen molar-refractivity contribution in [2.75, 3.05) is 13.6 Å². The minimum absolute atomic E-state index is 0.153. The highest BCUT2D eigenvalue weighted by Crippen LogP contribution is 2.23. The zero-order valence-corrected chi connectivity index (χ0v) is 13.9. The number of amides is 2. The molecule has 2 amide bonds. The normalized spacial score (nSPS) is 13.0. The molecule has 0 aliphatic carbocycles. The summed E-state index contributed by atoms with van der Waals surface area (Å²) >= 11 is 0. The van der Waals surface area contributed by atoms with Crippen LogP contribution in [-0.4, -0.2) is 42.3 Å². The molecule has 0 saturated heterocycles. The van der Waals surface area contributed by atoms with Gasteiger partial charge in [0.15, 0.2) is 0 Å². The summed E-state index contributed by atoms with van der Waals surface area (Å²) in [5.74, 6) is -5.16. The molecular formula is C16H24F2N2O3. The molecule has 0 radical (unpaired) electrons. The number of furan rings is 1. The molecule has 1 rings (SSSR count). The summed E-state index contributed by atoms with van der Waals surface area (Å²) < 4.78 is 32.2. The van der Waals surface area contributed by atoms with Gasteiger partial charge in [0, 0.05) is 26.1 Å². The molecule has 1 aromatic heterocycles. The van der Waals surface area contributed by atoms with Crippen LogP contribution in [0.2, 0.25) is 0 Å². The van der Waals surface area contributed by atoms with Crippen LogP contribution >= 0.6 is 0 Å². The van der Waals surface area contributed by atoms with E-state index in [0.29, 0.717) is 0 Å². The molecule has 23 heavy (non-hydrogen) atoms. The topological polar surface area (TPSA) is 62.6 Å².